The Kier molecular flexibility index (Phi) is 6.19. The molecule has 1 amide bonds. The van der Waals surface area contributed by atoms with Crippen LogP contribution in [-0.4, -0.2) is 34.5 Å². The van der Waals surface area contributed by atoms with E-state index in [1.54, 1.807) is 36.4 Å². The number of ketones is 1. The maximum atomic E-state index is 13.6. The van der Waals surface area contributed by atoms with E-state index in [1.807, 2.05) is 44.2 Å². The lowest BCUT2D eigenvalue weighted by Gasteiger charge is -2.23. The molecule has 2 aliphatic rings. The summed E-state index contributed by atoms with van der Waals surface area (Å²) in [5.41, 5.74) is 3.82. The summed E-state index contributed by atoms with van der Waals surface area (Å²) in [5, 5.41) is 12.0. The van der Waals surface area contributed by atoms with Crippen LogP contribution in [0.4, 0.5) is 5.13 Å². The zero-order valence-corrected chi connectivity index (χ0v) is 22.3. The molecule has 3 heterocycles. The standard InChI is InChI=1S/C31H26N2O5S/c1-4-12-37-22-7-5-6-19(16-22)27-26(28(34)20-9-11-24-21(15-20)14-18(3)38-24)29(35)30(36)33(27)31-32-23-10-8-17(2)13-25(23)39-31/h4-11,13,15-16,18,27,34H,1,12,14H2,2-3H3/t18-,27-/m1/s1. The highest BCUT2D eigenvalue weighted by Crippen LogP contribution is 2.45. The van der Waals surface area contributed by atoms with E-state index in [2.05, 4.69) is 6.58 Å². The van der Waals surface area contributed by atoms with Gasteiger partial charge in [0.2, 0.25) is 0 Å². The molecule has 1 fully saturated rings. The third-order valence-corrected chi connectivity index (χ3v) is 7.91. The fourth-order valence-corrected chi connectivity index (χ4v) is 6.21. The maximum absolute atomic E-state index is 13.6. The van der Waals surface area contributed by atoms with E-state index in [-0.39, 0.29) is 17.4 Å². The summed E-state index contributed by atoms with van der Waals surface area (Å²) >= 11 is 1.33. The number of anilines is 1. The summed E-state index contributed by atoms with van der Waals surface area (Å²) in [7, 11) is 0. The number of hydrogen-bond donors (Lipinski definition) is 1. The fraction of sp³-hybridized carbons (Fsp3) is 0.194. The molecule has 1 aromatic heterocycles. The third kappa shape index (κ3) is 4.36. The molecule has 0 saturated carbocycles. The van der Waals surface area contributed by atoms with Crippen molar-refractivity contribution in [1.82, 2.24) is 4.98 Å². The second kappa shape index (κ2) is 9.71. The molecule has 2 atom stereocenters. The first-order valence-corrected chi connectivity index (χ1v) is 13.5. The van der Waals surface area contributed by atoms with Crippen molar-refractivity contribution in [2.24, 2.45) is 0 Å². The predicted octanol–water partition coefficient (Wildman–Crippen LogP) is 6.12. The molecular formula is C31H26N2O5S. The van der Waals surface area contributed by atoms with Gasteiger partial charge in [0, 0.05) is 12.0 Å². The Morgan fingerprint density at radius 3 is 2.87 bits per heavy atom. The molecule has 0 radical (unpaired) electrons. The number of amides is 1. The van der Waals surface area contributed by atoms with Gasteiger partial charge in [0.15, 0.2) is 5.13 Å². The summed E-state index contributed by atoms with van der Waals surface area (Å²) in [5.74, 6) is -0.435. The highest BCUT2D eigenvalue weighted by atomic mass is 32.1. The fourth-order valence-electron chi connectivity index (χ4n) is 5.12. The molecule has 3 aromatic carbocycles. The van der Waals surface area contributed by atoms with E-state index in [4.69, 9.17) is 14.5 Å². The van der Waals surface area contributed by atoms with Crippen molar-refractivity contribution in [3.8, 4) is 11.5 Å². The van der Waals surface area contributed by atoms with E-state index >= 15 is 0 Å². The topological polar surface area (TPSA) is 89.0 Å². The largest absolute Gasteiger partial charge is 0.507 e. The molecule has 1 saturated heterocycles. The molecule has 6 rings (SSSR count). The number of aliphatic hydroxyl groups is 1. The highest BCUT2D eigenvalue weighted by Gasteiger charge is 2.48. The Hall–Kier alpha value is -4.43. The minimum atomic E-state index is -0.901. The molecule has 0 aliphatic carbocycles. The van der Waals surface area contributed by atoms with Crippen molar-refractivity contribution in [2.45, 2.75) is 32.4 Å². The van der Waals surface area contributed by atoms with Crippen LogP contribution in [0.15, 0.2) is 78.9 Å². The van der Waals surface area contributed by atoms with E-state index in [1.165, 1.54) is 16.2 Å². The monoisotopic (exact) mass is 538 g/mol. The second-order valence-electron chi connectivity index (χ2n) is 9.76. The average molecular weight is 539 g/mol. The maximum Gasteiger partial charge on any atom is 0.301 e. The van der Waals surface area contributed by atoms with Gasteiger partial charge in [-0.3, -0.25) is 14.5 Å². The summed E-state index contributed by atoms with van der Waals surface area (Å²) in [6, 6.07) is 17.4. The number of Topliss-reactive ketones (excluding diaryl/α,β-unsaturated/α-hetero) is 1. The number of aliphatic hydroxyl groups excluding tert-OH is 1. The Labute approximate surface area is 229 Å². The lowest BCUT2D eigenvalue weighted by Crippen LogP contribution is -2.29. The summed E-state index contributed by atoms with van der Waals surface area (Å²) < 4.78 is 12.4. The lowest BCUT2D eigenvalue weighted by molar-refractivity contribution is -0.132. The number of carbonyl (C=O) groups excluding carboxylic acids is 2. The third-order valence-electron chi connectivity index (χ3n) is 6.89. The van der Waals surface area contributed by atoms with Crippen molar-refractivity contribution in [1.29, 1.82) is 0 Å². The summed E-state index contributed by atoms with van der Waals surface area (Å²) in [6.45, 7) is 7.96. The number of hydrogen-bond acceptors (Lipinski definition) is 7. The predicted molar refractivity (Wildman–Crippen MR) is 152 cm³/mol. The van der Waals surface area contributed by atoms with Gasteiger partial charge in [-0.25, -0.2) is 4.98 Å². The van der Waals surface area contributed by atoms with E-state index in [0.717, 1.165) is 27.1 Å². The lowest BCUT2D eigenvalue weighted by atomic mass is 9.94. The minimum absolute atomic E-state index is 0.00298. The van der Waals surface area contributed by atoms with Crippen LogP contribution in [0.1, 0.15) is 35.2 Å². The average Bonchev–Trinajstić information content (AvgIpc) is 3.59. The Morgan fingerprint density at radius 1 is 1.21 bits per heavy atom. The van der Waals surface area contributed by atoms with Crippen LogP contribution in [0.5, 0.6) is 11.5 Å². The number of nitrogens with zero attached hydrogens (tertiary/aromatic N) is 2. The van der Waals surface area contributed by atoms with Crippen LogP contribution < -0.4 is 14.4 Å². The van der Waals surface area contributed by atoms with E-state index < -0.39 is 17.7 Å². The Morgan fingerprint density at radius 2 is 2.05 bits per heavy atom. The molecule has 0 spiro atoms. The van der Waals surface area contributed by atoms with Gasteiger partial charge in [-0.15, -0.1) is 0 Å². The van der Waals surface area contributed by atoms with Crippen molar-refractivity contribution in [3.63, 3.8) is 0 Å². The quantitative estimate of drug-likeness (QED) is 0.138. The number of benzene rings is 3. The number of thiazole rings is 1. The number of rotatable bonds is 6. The van der Waals surface area contributed by atoms with Crippen LogP contribution in [0.2, 0.25) is 0 Å². The van der Waals surface area contributed by atoms with E-state index in [9.17, 15) is 14.7 Å². The first-order valence-electron chi connectivity index (χ1n) is 12.7. The summed E-state index contributed by atoms with van der Waals surface area (Å²) in [6.07, 6.45) is 2.37. The van der Waals surface area contributed by atoms with Gasteiger partial charge < -0.3 is 14.6 Å². The molecule has 8 heteroatoms. The van der Waals surface area contributed by atoms with E-state index in [0.29, 0.717) is 35.0 Å². The number of aromatic nitrogens is 1. The SMILES string of the molecule is C=CCOc1cccc([C@@H]2C(=C(O)c3ccc4c(c3)C[C@@H](C)O4)C(=O)C(=O)N2c2nc3ccc(C)cc3s2)c1. The Bertz CT molecular complexity index is 1690. The molecule has 7 nitrogen and oxygen atoms in total. The molecular weight excluding hydrogens is 512 g/mol. The second-order valence-corrected chi connectivity index (χ2v) is 10.8. The van der Waals surface area contributed by atoms with Crippen molar-refractivity contribution in [2.75, 3.05) is 11.5 Å². The zero-order chi connectivity index (χ0) is 27.3. The van der Waals surface area contributed by atoms with Crippen molar-refractivity contribution in [3.05, 3.63) is 101 Å². The van der Waals surface area contributed by atoms with Gasteiger partial charge in [-0.2, -0.15) is 0 Å². The van der Waals surface area contributed by atoms with Gasteiger partial charge in [-0.1, -0.05) is 42.2 Å². The molecule has 0 bridgehead atoms. The Balaban J connectivity index is 1.53. The van der Waals surface area contributed by atoms with Crippen LogP contribution >= 0.6 is 11.3 Å². The van der Waals surface area contributed by atoms with Crippen LogP contribution in [0, 0.1) is 6.92 Å². The smallest absolute Gasteiger partial charge is 0.301 e. The molecule has 196 valence electrons. The van der Waals surface area contributed by atoms with Gasteiger partial charge in [0.25, 0.3) is 5.78 Å². The van der Waals surface area contributed by atoms with Crippen molar-refractivity contribution >= 4 is 44.1 Å². The minimum Gasteiger partial charge on any atom is -0.507 e. The van der Waals surface area contributed by atoms with Crippen molar-refractivity contribution < 1.29 is 24.2 Å². The number of carbonyl (C=O) groups is 2. The first-order chi connectivity index (χ1) is 18.8. The van der Waals surface area contributed by atoms with Gasteiger partial charge in [0.05, 0.1) is 21.8 Å². The molecule has 1 N–H and O–H groups in total. The zero-order valence-electron chi connectivity index (χ0n) is 21.5. The number of fused-ring (bicyclic) bond motifs is 2. The van der Waals surface area contributed by atoms with Crippen LogP contribution in [-0.2, 0) is 16.0 Å². The van der Waals surface area contributed by atoms with Gasteiger partial charge in [0.1, 0.15) is 30.0 Å². The highest BCUT2D eigenvalue weighted by molar-refractivity contribution is 7.22. The molecule has 39 heavy (non-hydrogen) atoms. The van der Waals surface area contributed by atoms with Crippen LogP contribution in [0.25, 0.3) is 16.0 Å². The molecule has 4 aromatic rings. The molecule has 2 aliphatic heterocycles. The van der Waals surface area contributed by atoms with Gasteiger partial charge in [-0.05, 0) is 73.0 Å². The van der Waals surface area contributed by atoms with Crippen LogP contribution in [0.3, 0.4) is 0 Å². The summed E-state index contributed by atoms with van der Waals surface area (Å²) in [4.78, 5) is 33.3. The number of ether oxygens (including phenoxy) is 2. The van der Waals surface area contributed by atoms with Gasteiger partial charge >= 0.3 is 5.91 Å². The normalized spacial score (nSPS) is 19.8. The number of aryl methyl sites for hydroxylation is 1. The first kappa shape index (κ1) is 24.9. The molecule has 0 unspecified atom stereocenters.